The van der Waals surface area contributed by atoms with Gasteiger partial charge in [-0.15, -0.1) is 0 Å². The zero-order valence-corrected chi connectivity index (χ0v) is 8.80. The molecule has 0 unspecified atom stereocenters. The lowest BCUT2D eigenvalue weighted by atomic mass is 10.2. The number of hydrogen-bond acceptors (Lipinski definition) is 2. The lowest BCUT2D eigenvalue weighted by Crippen LogP contribution is -2.11. The van der Waals surface area contributed by atoms with Gasteiger partial charge >= 0.3 is 0 Å². The summed E-state index contributed by atoms with van der Waals surface area (Å²) in [6.45, 7) is 4.51. The van der Waals surface area contributed by atoms with Gasteiger partial charge in [0.15, 0.2) is 0 Å². The standard InChI is InChI=1S/C11H16FNO/c1-8(2)14-11-5-4-10(12)6-9(11)7-13-3/h4-6,8,13H,7H2,1-3H3. The first-order valence-corrected chi connectivity index (χ1v) is 4.73. The second kappa shape index (κ2) is 4.96. The Morgan fingerprint density at radius 1 is 1.43 bits per heavy atom. The van der Waals surface area contributed by atoms with Gasteiger partial charge in [-0.25, -0.2) is 4.39 Å². The first kappa shape index (κ1) is 11.0. The number of rotatable bonds is 4. The summed E-state index contributed by atoms with van der Waals surface area (Å²) in [7, 11) is 1.82. The topological polar surface area (TPSA) is 21.3 Å². The fourth-order valence-corrected chi connectivity index (χ4v) is 1.25. The van der Waals surface area contributed by atoms with Gasteiger partial charge in [0.1, 0.15) is 11.6 Å². The Hall–Kier alpha value is -1.09. The fourth-order valence-electron chi connectivity index (χ4n) is 1.25. The third kappa shape index (κ3) is 3.00. The monoisotopic (exact) mass is 197 g/mol. The molecule has 0 fully saturated rings. The van der Waals surface area contributed by atoms with E-state index in [1.54, 1.807) is 6.07 Å². The molecule has 0 saturated heterocycles. The van der Waals surface area contributed by atoms with Crippen LogP contribution in [0.4, 0.5) is 4.39 Å². The molecule has 0 aliphatic heterocycles. The highest BCUT2D eigenvalue weighted by Crippen LogP contribution is 2.20. The molecule has 14 heavy (non-hydrogen) atoms. The van der Waals surface area contributed by atoms with E-state index in [2.05, 4.69) is 5.32 Å². The van der Waals surface area contributed by atoms with E-state index in [0.29, 0.717) is 6.54 Å². The molecule has 0 aliphatic rings. The lowest BCUT2D eigenvalue weighted by Gasteiger charge is -2.13. The molecule has 0 atom stereocenters. The van der Waals surface area contributed by atoms with Crippen LogP contribution < -0.4 is 10.1 Å². The van der Waals surface area contributed by atoms with Gasteiger partial charge in [0, 0.05) is 12.1 Å². The van der Waals surface area contributed by atoms with Crippen molar-refractivity contribution in [3.63, 3.8) is 0 Å². The average molecular weight is 197 g/mol. The van der Waals surface area contributed by atoms with E-state index in [4.69, 9.17) is 4.74 Å². The van der Waals surface area contributed by atoms with Gasteiger partial charge in [0.2, 0.25) is 0 Å². The van der Waals surface area contributed by atoms with Crippen LogP contribution in [0.3, 0.4) is 0 Å². The predicted octanol–water partition coefficient (Wildman–Crippen LogP) is 2.33. The van der Waals surface area contributed by atoms with E-state index in [0.717, 1.165) is 11.3 Å². The molecule has 0 saturated carbocycles. The van der Waals surface area contributed by atoms with E-state index in [1.165, 1.54) is 12.1 Å². The first-order chi connectivity index (χ1) is 6.63. The Morgan fingerprint density at radius 3 is 2.71 bits per heavy atom. The summed E-state index contributed by atoms with van der Waals surface area (Å²) in [6, 6.07) is 4.58. The Bertz CT molecular complexity index is 299. The molecule has 1 aromatic carbocycles. The van der Waals surface area contributed by atoms with E-state index < -0.39 is 0 Å². The van der Waals surface area contributed by atoms with E-state index in [-0.39, 0.29) is 11.9 Å². The second-order valence-electron chi connectivity index (χ2n) is 3.45. The highest BCUT2D eigenvalue weighted by atomic mass is 19.1. The third-order valence-corrected chi connectivity index (χ3v) is 1.75. The highest BCUT2D eigenvalue weighted by Gasteiger charge is 2.05. The minimum Gasteiger partial charge on any atom is -0.491 e. The summed E-state index contributed by atoms with van der Waals surface area (Å²) >= 11 is 0. The van der Waals surface area contributed by atoms with Crippen molar-refractivity contribution in [3.05, 3.63) is 29.6 Å². The van der Waals surface area contributed by atoms with Gasteiger partial charge < -0.3 is 10.1 Å². The molecule has 0 radical (unpaired) electrons. The maximum atomic E-state index is 12.9. The summed E-state index contributed by atoms with van der Waals surface area (Å²) in [5.74, 6) is 0.516. The van der Waals surface area contributed by atoms with Crippen LogP contribution in [0, 0.1) is 5.82 Å². The Labute approximate surface area is 84.1 Å². The van der Waals surface area contributed by atoms with Crippen LogP contribution in [0.5, 0.6) is 5.75 Å². The van der Waals surface area contributed by atoms with Crippen molar-refractivity contribution >= 4 is 0 Å². The van der Waals surface area contributed by atoms with Crippen molar-refractivity contribution in [1.29, 1.82) is 0 Å². The van der Waals surface area contributed by atoms with Crippen LogP contribution in [0.25, 0.3) is 0 Å². The molecule has 1 aromatic rings. The summed E-state index contributed by atoms with van der Waals surface area (Å²) in [5.41, 5.74) is 0.848. The van der Waals surface area contributed by atoms with Crippen molar-refractivity contribution in [1.82, 2.24) is 5.32 Å². The quantitative estimate of drug-likeness (QED) is 0.799. The van der Waals surface area contributed by atoms with Gasteiger partial charge in [-0.05, 0) is 39.1 Å². The van der Waals surface area contributed by atoms with Crippen LogP contribution in [0.15, 0.2) is 18.2 Å². The highest BCUT2D eigenvalue weighted by molar-refractivity contribution is 5.34. The molecule has 2 nitrogen and oxygen atoms in total. The number of hydrogen-bond donors (Lipinski definition) is 1. The Morgan fingerprint density at radius 2 is 2.14 bits per heavy atom. The maximum absolute atomic E-state index is 12.9. The number of nitrogens with one attached hydrogen (secondary N) is 1. The molecule has 0 spiro atoms. The number of benzene rings is 1. The van der Waals surface area contributed by atoms with Gasteiger partial charge in [0.25, 0.3) is 0 Å². The summed E-state index contributed by atoms with van der Waals surface area (Å²) in [4.78, 5) is 0. The zero-order valence-electron chi connectivity index (χ0n) is 8.80. The molecular weight excluding hydrogens is 181 g/mol. The van der Waals surface area contributed by atoms with Gasteiger partial charge in [-0.3, -0.25) is 0 Å². The molecule has 0 heterocycles. The summed E-state index contributed by atoms with van der Waals surface area (Å²) < 4.78 is 18.5. The van der Waals surface area contributed by atoms with Crippen molar-refractivity contribution in [2.24, 2.45) is 0 Å². The Balaban J connectivity index is 2.89. The molecule has 0 amide bonds. The normalized spacial score (nSPS) is 10.6. The summed E-state index contributed by atoms with van der Waals surface area (Å²) in [5, 5.41) is 2.98. The third-order valence-electron chi connectivity index (χ3n) is 1.75. The SMILES string of the molecule is CNCc1cc(F)ccc1OC(C)C. The molecule has 0 aliphatic carbocycles. The average Bonchev–Trinajstić information content (AvgIpc) is 2.09. The summed E-state index contributed by atoms with van der Waals surface area (Å²) in [6.07, 6.45) is 0.107. The second-order valence-corrected chi connectivity index (χ2v) is 3.45. The smallest absolute Gasteiger partial charge is 0.124 e. The maximum Gasteiger partial charge on any atom is 0.124 e. The molecule has 0 aromatic heterocycles. The van der Waals surface area contributed by atoms with Crippen LogP contribution >= 0.6 is 0 Å². The lowest BCUT2D eigenvalue weighted by molar-refractivity contribution is 0.239. The zero-order chi connectivity index (χ0) is 10.6. The van der Waals surface area contributed by atoms with Crippen LogP contribution in [-0.2, 0) is 6.54 Å². The van der Waals surface area contributed by atoms with Crippen molar-refractivity contribution in [3.8, 4) is 5.75 Å². The molecule has 78 valence electrons. The van der Waals surface area contributed by atoms with Gasteiger partial charge in [-0.2, -0.15) is 0 Å². The first-order valence-electron chi connectivity index (χ1n) is 4.73. The number of halogens is 1. The predicted molar refractivity (Wildman–Crippen MR) is 54.9 cm³/mol. The van der Waals surface area contributed by atoms with E-state index in [9.17, 15) is 4.39 Å². The van der Waals surface area contributed by atoms with E-state index in [1.807, 2.05) is 20.9 Å². The molecule has 1 N–H and O–H groups in total. The van der Waals surface area contributed by atoms with Gasteiger partial charge in [-0.1, -0.05) is 0 Å². The minimum absolute atomic E-state index is 0.107. The molecule has 1 rings (SSSR count). The van der Waals surface area contributed by atoms with Crippen molar-refractivity contribution in [2.45, 2.75) is 26.5 Å². The fraction of sp³-hybridized carbons (Fsp3) is 0.455. The largest absolute Gasteiger partial charge is 0.491 e. The van der Waals surface area contributed by atoms with Crippen LogP contribution in [-0.4, -0.2) is 13.2 Å². The van der Waals surface area contributed by atoms with Crippen LogP contribution in [0.2, 0.25) is 0 Å². The molecule has 3 heteroatoms. The van der Waals surface area contributed by atoms with Crippen LogP contribution in [0.1, 0.15) is 19.4 Å². The minimum atomic E-state index is -0.230. The van der Waals surface area contributed by atoms with Crippen molar-refractivity contribution < 1.29 is 9.13 Å². The molecular formula is C11H16FNO. The Kier molecular flexibility index (Phi) is 3.89. The van der Waals surface area contributed by atoms with E-state index >= 15 is 0 Å². The number of ether oxygens (including phenoxy) is 1. The van der Waals surface area contributed by atoms with Gasteiger partial charge in [0.05, 0.1) is 6.10 Å². The van der Waals surface area contributed by atoms with Crippen molar-refractivity contribution in [2.75, 3.05) is 7.05 Å². The molecule has 0 bridgehead atoms.